The van der Waals surface area contributed by atoms with Crippen LogP contribution in [-0.4, -0.2) is 116 Å². The minimum Gasteiger partial charge on any atom is -0.489 e. The topological polar surface area (TPSA) is 247 Å². The monoisotopic (exact) mass is 1090 g/mol. The number of aryl methyl sites for hydroxylation is 2. The first-order chi connectivity index (χ1) is 36.4. The maximum absolute atomic E-state index is 15.5. The average molecular weight is 1090 g/mol. The standard InChI is InChI=1S/C52H54ClF2N5O15S/c1-32-37(20-21-56-45(32)11-5-23-71-52(63)75-41-10-3-7-35(25-41)29-73-60(66)67)27-57(38-16-17-38)50(61)47-42(36-14-12-33(13-15-36)8-4-22-70-49-44(55)19-18-43(54)48(49)53)26-39-30-76(68,69)31-46(47)58(39)51(62)74-40-9-2-6-34(24-40)28-72-59(64)65/h2-3,6-7,9-10,12-15,18-21,24-25,38-39,46,64-67H,4-5,8,11,16-17,22-23,26-31H2,1H3. The van der Waals surface area contributed by atoms with Crippen LogP contribution in [0.5, 0.6) is 17.2 Å². The van der Waals surface area contributed by atoms with Gasteiger partial charge >= 0.3 is 12.2 Å². The molecule has 2 amide bonds. The maximum atomic E-state index is 15.5. The number of nitrogens with zero attached hydrogens (tertiary/aromatic N) is 5. The molecule has 0 spiro atoms. The second-order valence-electron chi connectivity index (χ2n) is 18.3. The Hall–Kier alpha value is -6.64. The minimum absolute atomic E-state index is 0.0145. The van der Waals surface area contributed by atoms with Crippen LogP contribution >= 0.6 is 11.6 Å². The summed E-state index contributed by atoms with van der Waals surface area (Å²) in [6.45, 7) is 1.52. The molecule has 2 atom stereocenters. The zero-order valence-corrected chi connectivity index (χ0v) is 42.5. The van der Waals surface area contributed by atoms with E-state index in [4.69, 9.17) is 56.2 Å². The summed E-state index contributed by atoms with van der Waals surface area (Å²) in [7, 11) is -3.82. The van der Waals surface area contributed by atoms with E-state index in [1.165, 1.54) is 29.2 Å². The molecule has 2 aliphatic heterocycles. The first-order valence-electron chi connectivity index (χ1n) is 24.1. The van der Waals surface area contributed by atoms with Gasteiger partial charge in [-0.15, -0.1) is 0 Å². The van der Waals surface area contributed by atoms with Gasteiger partial charge in [-0.1, -0.05) is 60.1 Å². The summed E-state index contributed by atoms with van der Waals surface area (Å²) in [5, 5.41) is 34.4. The number of fused-ring (bicyclic) bond motifs is 2. The normalized spacial score (nSPS) is 16.9. The van der Waals surface area contributed by atoms with Crippen LogP contribution < -0.4 is 14.2 Å². The molecule has 404 valence electrons. The Morgan fingerprint density at radius 1 is 0.789 bits per heavy atom. The van der Waals surface area contributed by atoms with E-state index in [0.29, 0.717) is 66.5 Å². The predicted molar refractivity (Wildman–Crippen MR) is 263 cm³/mol. The number of sulfone groups is 1. The van der Waals surface area contributed by atoms with Gasteiger partial charge < -0.3 is 23.8 Å². The van der Waals surface area contributed by atoms with Crippen molar-refractivity contribution in [2.75, 3.05) is 24.7 Å². The van der Waals surface area contributed by atoms with E-state index in [1.54, 1.807) is 41.4 Å². The molecule has 5 aromatic rings. The van der Waals surface area contributed by atoms with Crippen LogP contribution in [0.4, 0.5) is 18.4 Å². The number of carbonyl (C=O) groups excluding carboxylic acids is 3. The minimum atomic E-state index is -3.82. The molecule has 76 heavy (non-hydrogen) atoms. The van der Waals surface area contributed by atoms with E-state index in [0.717, 1.165) is 28.8 Å². The highest BCUT2D eigenvalue weighted by Gasteiger charge is 2.51. The third-order valence-corrected chi connectivity index (χ3v) is 15.0. The number of hydrogen-bond donors (Lipinski definition) is 4. The quantitative estimate of drug-likeness (QED) is 0.0167. The van der Waals surface area contributed by atoms with Crippen LogP contribution in [0, 0.1) is 18.6 Å². The van der Waals surface area contributed by atoms with Gasteiger partial charge in [0.15, 0.2) is 21.4 Å². The number of hydrogen-bond acceptors (Lipinski definition) is 18. The molecule has 1 saturated heterocycles. The summed E-state index contributed by atoms with van der Waals surface area (Å²) in [5.41, 5.74) is 5.35. The summed E-state index contributed by atoms with van der Waals surface area (Å²) < 4.78 is 77.7. The molecule has 8 rings (SSSR count). The molecule has 1 aromatic heterocycles. The van der Waals surface area contributed by atoms with E-state index in [-0.39, 0.29) is 68.3 Å². The number of rotatable bonds is 22. The fraction of sp³-hybridized carbons (Fsp3) is 0.346. The number of amides is 2. The van der Waals surface area contributed by atoms with Gasteiger partial charge in [0.2, 0.25) is 0 Å². The van der Waals surface area contributed by atoms with Gasteiger partial charge in [-0.2, -0.15) is 0 Å². The van der Waals surface area contributed by atoms with Crippen molar-refractivity contribution in [1.29, 1.82) is 0 Å². The van der Waals surface area contributed by atoms with Gasteiger partial charge in [-0.25, -0.2) is 36.5 Å². The smallest absolute Gasteiger partial charge is 0.489 e. The van der Waals surface area contributed by atoms with Crippen LogP contribution in [-0.2, 0) is 61.6 Å². The van der Waals surface area contributed by atoms with E-state index in [1.807, 2.05) is 31.2 Å². The Kier molecular flexibility index (Phi) is 18.3. The highest BCUT2D eigenvalue weighted by molar-refractivity contribution is 7.91. The number of benzene rings is 4. The summed E-state index contributed by atoms with van der Waals surface area (Å²) in [6, 6.07) is 20.9. The van der Waals surface area contributed by atoms with Crippen LogP contribution in [0.25, 0.3) is 5.57 Å². The summed E-state index contributed by atoms with van der Waals surface area (Å²) in [6.07, 6.45) is 2.77. The molecule has 3 heterocycles. The van der Waals surface area contributed by atoms with Crippen molar-refractivity contribution >= 4 is 45.2 Å². The molecule has 2 unspecified atom stereocenters. The highest BCUT2D eigenvalue weighted by Crippen LogP contribution is 2.42. The molecule has 3 aliphatic rings. The number of pyridine rings is 1. The molecule has 20 nitrogen and oxygen atoms in total. The SMILES string of the molecule is Cc1c(CN(C(=O)C2=C(c3ccc(CCCOc4c(F)ccc(F)c4Cl)cc3)CC3CS(=O)(=O)CC2N3C(=O)Oc2cccc(CON(O)O)c2)C2CC2)ccnc1CCCOC(=O)Oc1cccc(CON(O)O)c1. The molecule has 2 fully saturated rings. The molecule has 1 aliphatic carbocycles. The summed E-state index contributed by atoms with van der Waals surface area (Å²) >= 11 is 5.93. The number of carbonyl (C=O) groups is 3. The molecule has 2 bridgehead atoms. The molecular formula is C52H54ClF2N5O15S. The second kappa shape index (κ2) is 25.0. The van der Waals surface area contributed by atoms with Crippen molar-refractivity contribution in [3.05, 3.63) is 158 Å². The Labute approximate surface area is 440 Å². The van der Waals surface area contributed by atoms with E-state index in [9.17, 15) is 26.8 Å². The molecule has 24 heteroatoms. The van der Waals surface area contributed by atoms with Gasteiger partial charge in [0.05, 0.1) is 60.8 Å². The molecule has 4 N–H and O–H groups in total. The van der Waals surface area contributed by atoms with Crippen molar-refractivity contribution in [2.24, 2.45) is 0 Å². The van der Waals surface area contributed by atoms with E-state index >= 15 is 4.79 Å². The highest BCUT2D eigenvalue weighted by atomic mass is 35.5. The van der Waals surface area contributed by atoms with Crippen LogP contribution in [0.3, 0.4) is 0 Å². The van der Waals surface area contributed by atoms with Gasteiger partial charge in [-0.05, 0) is 133 Å². The Morgan fingerprint density at radius 2 is 1.43 bits per heavy atom. The second-order valence-corrected chi connectivity index (χ2v) is 20.8. The van der Waals surface area contributed by atoms with Crippen LogP contribution in [0.15, 0.2) is 103 Å². The third kappa shape index (κ3) is 14.4. The Morgan fingerprint density at radius 3 is 2.09 bits per heavy atom. The van der Waals surface area contributed by atoms with Crippen LogP contribution in [0.2, 0.25) is 5.02 Å². The average Bonchev–Trinajstić information content (AvgIpc) is 4.23. The molecular weight excluding hydrogens is 1040 g/mol. The lowest BCUT2D eigenvalue weighted by Crippen LogP contribution is -2.62. The lowest BCUT2D eigenvalue weighted by Gasteiger charge is -2.47. The first kappa shape index (κ1) is 55.6. The zero-order valence-electron chi connectivity index (χ0n) is 40.9. The van der Waals surface area contributed by atoms with Gasteiger partial charge in [0.1, 0.15) is 22.3 Å². The zero-order chi connectivity index (χ0) is 54.1. The number of aromatic nitrogens is 1. The Balaban J connectivity index is 1.02. The lowest BCUT2D eigenvalue weighted by molar-refractivity contribution is -0.497. The molecule has 1 saturated carbocycles. The first-order valence-corrected chi connectivity index (χ1v) is 26.3. The van der Waals surface area contributed by atoms with Crippen LogP contribution in [0.1, 0.15) is 71.2 Å². The Bertz CT molecular complexity index is 3060. The van der Waals surface area contributed by atoms with Gasteiger partial charge in [-0.3, -0.25) is 35.5 Å². The van der Waals surface area contributed by atoms with Gasteiger partial charge in [0.25, 0.3) is 5.91 Å². The number of ether oxygens (including phenoxy) is 4. The predicted octanol–water partition coefficient (Wildman–Crippen LogP) is 8.52. The fourth-order valence-electron chi connectivity index (χ4n) is 9.20. The van der Waals surface area contributed by atoms with E-state index < -0.39 is 79.0 Å². The fourth-order valence-corrected chi connectivity index (χ4v) is 11.2. The molecule has 4 aromatic carbocycles. The summed E-state index contributed by atoms with van der Waals surface area (Å²) in [5.74, 6) is -3.17. The lowest BCUT2D eigenvalue weighted by atomic mass is 9.84. The largest absolute Gasteiger partial charge is 0.513 e. The summed E-state index contributed by atoms with van der Waals surface area (Å²) in [4.78, 5) is 59.4. The van der Waals surface area contributed by atoms with Gasteiger partial charge in [0, 0.05) is 30.1 Å². The number of halogens is 3. The van der Waals surface area contributed by atoms with Crippen molar-refractivity contribution in [3.63, 3.8) is 0 Å². The maximum Gasteiger partial charge on any atom is 0.513 e. The van der Waals surface area contributed by atoms with Crippen molar-refractivity contribution in [2.45, 2.75) is 89.8 Å². The van der Waals surface area contributed by atoms with Crippen molar-refractivity contribution in [1.82, 2.24) is 25.6 Å². The van der Waals surface area contributed by atoms with E-state index in [2.05, 4.69) is 9.82 Å². The third-order valence-electron chi connectivity index (χ3n) is 13.0. The van der Waals surface area contributed by atoms with Crippen molar-refractivity contribution in [3.8, 4) is 17.2 Å². The molecule has 0 radical (unpaired) electrons. The van der Waals surface area contributed by atoms with Crippen molar-refractivity contribution < 1.29 is 81.0 Å².